The molecule has 0 N–H and O–H groups in total. The molecule has 0 spiro atoms. The third-order valence-electron chi connectivity index (χ3n) is 3.43. The van der Waals surface area contributed by atoms with Crippen molar-refractivity contribution in [3.63, 3.8) is 0 Å². The van der Waals surface area contributed by atoms with Gasteiger partial charge in [0.25, 0.3) is 0 Å². The minimum absolute atomic E-state index is 0.189. The number of hydrogen-bond acceptors (Lipinski definition) is 1. The molecule has 0 heterocycles. The van der Waals surface area contributed by atoms with Gasteiger partial charge in [-0.2, -0.15) is 11.1 Å². The predicted octanol–water partition coefficient (Wildman–Crippen LogP) is 5.16. The molecule has 1 aliphatic rings. The van der Waals surface area contributed by atoms with Crippen LogP contribution in [0.25, 0.3) is 0 Å². The second-order valence-corrected chi connectivity index (χ2v) is 5.37. The van der Waals surface area contributed by atoms with E-state index >= 15 is 0 Å². The second kappa shape index (κ2) is 6.31. The Morgan fingerprint density at radius 1 is 1.06 bits per heavy atom. The number of hydrogen-bond donors (Lipinski definition) is 0. The van der Waals surface area contributed by atoms with Crippen molar-refractivity contribution in [2.75, 3.05) is 0 Å². The van der Waals surface area contributed by atoms with Gasteiger partial charge in [-0.25, -0.2) is 5.57 Å². The zero-order valence-electron chi connectivity index (χ0n) is 11.8. The number of benzene rings is 1. The molecule has 0 atom stereocenters. The molecule has 0 bridgehead atoms. The van der Waals surface area contributed by atoms with Crippen LogP contribution in [0.4, 0.5) is 5.69 Å². The molecule has 0 aliphatic heterocycles. The van der Waals surface area contributed by atoms with Crippen molar-refractivity contribution in [3.8, 4) is 0 Å². The first kappa shape index (κ1) is 15.1. The molecule has 2 rings (SSSR count). The van der Waals surface area contributed by atoms with E-state index in [4.69, 9.17) is 0 Å². The van der Waals surface area contributed by atoms with E-state index in [9.17, 15) is 0 Å². The molecule has 0 fully saturated rings. The predicted molar refractivity (Wildman–Crippen MR) is 73.1 cm³/mol. The summed E-state index contributed by atoms with van der Waals surface area (Å²) in [6, 6.07) is 9.82. The summed E-state index contributed by atoms with van der Waals surface area (Å²) in [5.41, 5.74) is 5.40. The van der Waals surface area contributed by atoms with Crippen LogP contribution in [0.5, 0.6) is 0 Å². The van der Waals surface area contributed by atoms with Gasteiger partial charge < -0.3 is 0 Å². The van der Waals surface area contributed by atoms with Crippen LogP contribution in [0.15, 0.2) is 50.8 Å². The van der Waals surface area contributed by atoms with Crippen molar-refractivity contribution in [3.05, 3.63) is 53.1 Å². The SMILES string of the molecule is CC1=[C-]C(C)(C)C(C)=C1C.[V]=[N]c1ccccc1. The quantitative estimate of drug-likeness (QED) is 0.629. The first-order valence-corrected chi connectivity index (χ1v) is 6.71. The van der Waals surface area contributed by atoms with Crippen molar-refractivity contribution >= 4 is 5.69 Å². The van der Waals surface area contributed by atoms with E-state index in [1.54, 1.807) is 0 Å². The van der Waals surface area contributed by atoms with Crippen LogP contribution in [0.1, 0.15) is 34.6 Å². The second-order valence-electron chi connectivity index (χ2n) is 5.06. The normalized spacial score (nSPS) is 16.8. The van der Waals surface area contributed by atoms with E-state index in [0.29, 0.717) is 0 Å². The van der Waals surface area contributed by atoms with Crippen LogP contribution in [-0.4, -0.2) is 0 Å². The number of nitrogens with zero attached hydrogens (tertiary/aromatic N) is 1. The average Bonchev–Trinajstić information content (AvgIpc) is 2.54. The molecule has 0 radical (unpaired) electrons. The molecule has 1 aromatic carbocycles. The summed E-state index contributed by atoms with van der Waals surface area (Å²) in [5, 5.41) is 0. The Kier molecular flexibility index (Phi) is 5.31. The van der Waals surface area contributed by atoms with Gasteiger partial charge in [-0.15, -0.1) is 6.92 Å². The molecule has 18 heavy (non-hydrogen) atoms. The summed E-state index contributed by atoms with van der Waals surface area (Å²) in [6.45, 7) is 10.9. The van der Waals surface area contributed by atoms with Crippen LogP contribution >= 0.6 is 0 Å². The fourth-order valence-electron chi connectivity index (χ4n) is 1.90. The third-order valence-corrected chi connectivity index (χ3v) is 3.79. The van der Waals surface area contributed by atoms with E-state index < -0.39 is 0 Å². The number of allylic oxidation sites excluding steroid dienone is 4. The topological polar surface area (TPSA) is 12.4 Å². The monoisotopic (exact) mass is 277 g/mol. The van der Waals surface area contributed by atoms with E-state index in [2.05, 4.69) is 61.7 Å². The zero-order chi connectivity index (χ0) is 13.8. The molecule has 95 valence electrons. The standard InChI is InChI=1S/C10H15.C6H5N.V/c1-7-6-10(4,5)9(3)8(7)2;7-6-4-2-1-3-5-6;/h1-5H3;1-5H;/q-1;;. The third kappa shape index (κ3) is 3.79. The maximum atomic E-state index is 3.91. The maximum absolute atomic E-state index is 3.91. The Morgan fingerprint density at radius 3 is 1.83 bits per heavy atom. The Labute approximate surface area is 120 Å². The molecule has 1 nitrogen and oxygen atoms in total. The van der Waals surface area contributed by atoms with Crippen molar-refractivity contribution in [2.24, 2.45) is 9.21 Å². The summed E-state index contributed by atoms with van der Waals surface area (Å²) >= 11 is 2.19. The first-order chi connectivity index (χ1) is 8.38. The Balaban J connectivity index is 0.000000184. The number of rotatable bonds is 1. The molecule has 0 amide bonds. The van der Waals surface area contributed by atoms with Gasteiger partial charge >= 0.3 is 57.0 Å². The molecular weight excluding hydrogens is 257 g/mol. The summed E-state index contributed by atoms with van der Waals surface area (Å²) < 4.78 is 3.91. The minimum atomic E-state index is 0.189. The van der Waals surface area contributed by atoms with Crippen molar-refractivity contribution in [2.45, 2.75) is 34.6 Å². The van der Waals surface area contributed by atoms with Crippen molar-refractivity contribution in [1.82, 2.24) is 0 Å². The van der Waals surface area contributed by atoms with Crippen LogP contribution in [0, 0.1) is 11.5 Å². The van der Waals surface area contributed by atoms with Gasteiger partial charge in [0.15, 0.2) is 0 Å². The van der Waals surface area contributed by atoms with Gasteiger partial charge in [-0.1, -0.05) is 33.1 Å². The summed E-state index contributed by atoms with van der Waals surface area (Å²) in [6.07, 6.45) is 3.44. The summed E-state index contributed by atoms with van der Waals surface area (Å²) in [4.78, 5) is 0. The van der Waals surface area contributed by atoms with Gasteiger partial charge in [0.2, 0.25) is 0 Å². The summed E-state index contributed by atoms with van der Waals surface area (Å²) in [5.74, 6) is 0. The molecular formula is C16H20NV-. The fraction of sp³-hybridized carbons (Fsp3) is 0.375. The van der Waals surface area contributed by atoms with Crippen molar-refractivity contribution < 1.29 is 17.2 Å². The van der Waals surface area contributed by atoms with Gasteiger partial charge in [0, 0.05) is 0 Å². The van der Waals surface area contributed by atoms with E-state index in [0.717, 1.165) is 5.69 Å². The van der Waals surface area contributed by atoms with Gasteiger partial charge in [0.1, 0.15) is 0 Å². The zero-order valence-corrected chi connectivity index (χ0v) is 13.2. The van der Waals surface area contributed by atoms with Gasteiger partial charge in [-0.05, 0) is 0 Å². The molecule has 2 heteroatoms. The van der Waals surface area contributed by atoms with Crippen LogP contribution in [-0.2, 0) is 17.2 Å². The van der Waals surface area contributed by atoms with Gasteiger partial charge in [-0.3, -0.25) is 6.08 Å². The Morgan fingerprint density at radius 2 is 1.61 bits per heavy atom. The Bertz CT molecular complexity index is 481. The fourth-order valence-corrected chi connectivity index (χ4v) is 2.11. The summed E-state index contributed by atoms with van der Waals surface area (Å²) in [7, 11) is 0. The van der Waals surface area contributed by atoms with Crippen LogP contribution < -0.4 is 0 Å². The molecule has 0 saturated carbocycles. The molecule has 0 aromatic heterocycles. The van der Waals surface area contributed by atoms with E-state index in [-0.39, 0.29) is 5.41 Å². The van der Waals surface area contributed by atoms with E-state index in [1.165, 1.54) is 16.7 Å². The molecule has 0 unspecified atom stereocenters. The van der Waals surface area contributed by atoms with Crippen molar-refractivity contribution in [1.29, 1.82) is 0 Å². The first-order valence-electron chi connectivity index (χ1n) is 6.08. The van der Waals surface area contributed by atoms with Crippen LogP contribution in [0.2, 0.25) is 0 Å². The van der Waals surface area contributed by atoms with E-state index in [1.807, 2.05) is 30.3 Å². The Hall–Kier alpha value is -0.916. The molecule has 1 aromatic rings. The molecule has 1 aliphatic carbocycles. The molecule has 0 saturated heterocycles. The average molecular weight is 277 g/mol. The van der Waals surface area contributed by atoms with Crippen LogP contribution in [0.3, 0.4) is 0 Å². The van der Waals surface area contributed by atoms with Gasteiger partial charge in [0.05, 0.1) is 0 Å².